The molecule has 0 fully saturated rings. The van der Waals surface area contributed by atoms with Crippen molar-refractivity contribution in [3.63, 3.8) is 0 Å². The van der Waals surface area contributed by atoms with Gasteiger partial charge in [-0.3, -0.25) is 9.69 Å². The smallest absolute Gasteiger partial charge is 0.340 e. The summed E-state index contributed by atoms with van der Waals surface area (Å²) in [5.41, 5.74) is 2.65. The Balaban J connectivity index is 1.83. The highest BCUT2D eigenvalue weighted by atomic mass is 16.5. The van der Waals surface area contributed by atoms with Gasteiger partial charge in [-0.25, -0.2) is 4.79 Å². The van der Waals surface area contributed by atoms with Gasteiger partial charge in [0.1, 0.15) is 5.75 Å². The first-order valence-electron chi connectivity index (χ1n) is 10.1. The molecule has 3 aromatic rings. The molecule has 0 saturated heterocycles. The quantitative estimate of drug-likeness (QED) is 0.431. The lowest BCUT2D eigenvalue weighted by molar-refractivity contribution is -0.136. The standard InChI is InChI=1S/C26H23NO4/c1-4-31-21-14-12-20(13-15-21)27-17(2)24(26(29)30-3)23(25(27)28)16-19-10-7-9-18-8-5-6-11-22(18)19/h5-16H,4H2,1-3H3/b23-16-. The largest absolute Gasteiger partial charge is 0.494 e. The molecule has 5 heteroatoms. The molecule has 0 radical (unpaired) electrons. The number of methoxy groups -OCH3 is 1. The molecule has 0 spiro atoms. The molecule has 156 valence electrons. The number of amides is 1. The minimum absolute atomic E-state index is 0.269. The Labute approximate surface area is 181 Å². The molecule has 0 atom stereocenters. The first kappa shape index (κ1) is 20.4. The average Bonchev–Trinajstić information content (AvgIpc) is 3.04. The van der Waals surface area contributed by atoms with Gasteiger partial charge in [-0.15, -0.1) is 0 Å². The summed E-state index contributed by atoms with van der Waals surface area (Å²) in [5.74, 6) is -0.0833. The number of allylic oxidation sites excluding steroid dienone is 1. The first-order valence-corrected chi connectivity index (χ1v) is 10.1. The fraction of sp³-hybridized carbons (Fsp3) is 0.154. The maximum atomic E-state index is 13.5. The monoisotopic (exact) mass is 413 g/mol. The summed E-state index contributed by atoms with van der Waals surface area (Å²) in [4.78, 5) is 27.6. The predicted octanol–water partition coefficient (Wildman–Crippen LogP) is 5.12. The Morgan fingerprint density at radius 1 is 1.00 bits per heavy atom. The number of hydrogen-bond donors (Lipinski definition) is 0. The second-order valence-electron chi connectivity index (χ2n) is 7.15. The van der Waals surface area contributed by atoms with E-state index in [9.17, 15) is 9.59 Å². The van der Waals surface area contributed by atoms with Gasteiger partial charge in [0.2, 0.25) is 0 Å². The molecule has 1 amide bonds. The summed E-state index contributed by atoms with van der Waals surface area (Å²) in [6, 6.07) is 21.1. The Morgan fingerprint density at radius 2 is 1.71 bits per heavy atom. The number of carbonyl (C=O) groups is 2. The minimum atomic E-state index is -0.536. The molecule has 0 unspecified atom stereocenters. The van der Waals surface area contributed by atoms with Gasteiger partial charge in [0.05, 0.1) is 24.9 Å². The lowest BCUT2D eigenvalue weighted by Crippen LogP contribution is -2.24. The minimum Gasteiger partial charge on any atom is -0.494 e. The number of ether oxygens (including phenoxy) is 2. The van der Waals surface area contributed by atoms with Gasteiger partial charge in [-0.2, -0.15) is 0 Å². The van der Waals surface area contributed by atoms with Gasteiger partial charge >= 0.3 is 5.97 Å². The van der Waals surface area contributed by atoms with Gasteiger partial charge in [-0.05, 0) is 60.5 Å². The summed E-state index contributed by atoms with van der Waals surface area (Å²) in [6.07, 6.45) is 1.77. The van der Waals surface area contributed by atoms with Crippen LogP contribution in [-0.4, -0.2) is 25.6 Å². The Kier molecular flexibility index (Phi) is 5.58. The second kappa shape index (κ2) is 8.48. The highest BCUT2D eigenvalue weighted by molar-refractivity contribution is 6.24. The molecule has 4 rings (SSSR count). The molecule has 0 aromatic heterocycles. The van der Waals surface area contributed by atoms with Crippen molar-refractivity contribution in [2.45, 2.75) is 13.8 Å². The average molecular weight is 413 g/mol. The van der Waals surface area contributed by atoms with E-state index in [0.29, 0.717) is 23.6 Å². The molecule has 0 bridgehead atoms. The Hall–Kier alpha value is -3.86. The van der Waals surface area contributed by atoms with Crippen molar-refractivity contribution < 1.29 is 19.1 Å². The molecule has 3 aromatic carbocycles. The van der Waals surface area contributed by atoms with Crippen molar-refractivity contribution in [2.24, 2.45) is 0 Å². The van der Waals surface area contributed by atoms with Crippen LogP contribution in [0.3, 0.4) is 0 Å². The van der Waals surface area contributed by atoms with E-state index in [2.05, 4.69) is 0 Å². The van der Waals surface area contributed by atoms with Gasteiger partial charge in [0.15, 0.2) is 0 Å². The van der Waals surface area contributed by atoms with Gasteiger partial charge < -0.3 is 9.47 Å². The number of carbonyl (C=O) groups excluding carboxylic acids is 2. The third kappa shape index (κ3) is 3.70. The van der Waals surface area contributed by atoms with Crippen molar-refractivity contribution >= 4 is 34.4 Å². The van der Waals surface area contributed by atoms with Crippen LogP contribution in [0.15, 0.2) is 83.6 Å². The van der Waals surface area contributed by atoms with E-state index in [1.807, 2.05) is 73.7 Å². The van der Waals surface area contributed by atoms with Crippen LogP contribution < -0.4 is 9.64 Å². The van der Waals surface area contributed by atoms with E-state index in [1.54, 1.807) is 17.9 Å². The van der Waals surface area contributed by atoms with E-state index in [4.69, 9.17) is 9.47 Å². The van der Waals surface area contributed by atoms with E-state index < -0.39 is 5.97 Å². The van der Waals surface area contributed by atoms with Crippen LogP contribution in [0, 0.1) is 0 Å². The van der Waals surface area contributed by atoms with E-state index >= 15 is 0 Å². The molecule has 1 aliphatic rings. The predicted molar refractivity (Wildman–Crippen MR) is 122 cm³/mol. The fourth-order valence-electron chi connectivity index (χ4n) is 3.88. The Bertz CT molecular complexity index is 1220. The highest BCUT2D eigenvalue weighted by Crippen LogP contribution is 2.36. The molecule has 1 heterocycles. The summed E-state index contributed by atoms with van der Waals surface area (Å²) < 4.78 is 10.5. The zero-order chi connectivity index (χ0) is 22.0. The van der Waals surface area contributed by atoms with Crippen LogP contribution in [0.25, 0.3) is 16.8 Å². The van der Waals surface area contributed by atoms with E-state index in [-0.39, 0.29) is 11.5 Å². The van der Waals surface area contributed by atoms with Crippen LogP contribution in [0.5, 0.6) is 5.75 Å². The number of benzene rings is 3. The summed E-state index contributed by atoms with van der Waals surface area (Å²) >= 11 is 0. The topological polar surface area (TPSA) is 55.8 Å². The summed E-state index contributed by atoms with van der Waals surface area (Å²) in [6.45, 7) is 4.23. The number of fused-ring (bicyclic) bond motifs is 1. The maximum absolute atomic E-state index is 13.5. The third-order valence-corrected chi connectivity index (χ3v) is 5.32. The highest BCUT2D eigenvalue weighted by Gasteiger charge is 2.38. The van der Waals surface area contributed by atoms with Crippen LogP contribution >= 0.6 is 0 Å². The van der Waals surface area contributed by atoms with Crippen molar-refractivity contribution in [1.82, 2.24) is 0 Å². The molecule has 1 aliphatic heterocycles. The molecule has 31 heavy (non-hydrogen) atoms. The molecule has 0 saturated carbocycles. The molecular formula is C26H23NO4. The summed E-state index contributed by atoms with van der Waals surface area (Å²) in [7, 11) is 1.32. The number of rotatable bonds is 5. The lowest BCUT2D eigenvalue weighted by atomic mass is 9.99. The van der Waals surface area contributed by atoms with Gasteiger partial charge in [0.25, 0.3) is 5.91 Å². The SMILES string of the molecule is CCOc1ccc(N2C(=O)/C(=C\c3cccc4ccccc34)C(C(=O)OC)=C2C)cc1. The van der Waals surface area contributed by atoms with Crippen LogP contribution in [-0.2, 0) is 14.3 Å². The number of hydrogen-bond acceptors (Lipinski definition) is 4. The third-order valence-electron chi connectivity index (χ3n) is 5.32. The lowest BCUT2D eigenvalue weighted by Gasteiger charge is -2.18. The van der Waals surface area contributed by atoms with E-state index in [0.717, 1.165) is 22.1 Å². The first-order chi connectivity index (χ1) is 15.0. The Morgan fingerprint density at radius 3 is 2.42 bits per heavy atom. The van der Waals surface area contributed by atoms with Crippen molar-refractivity contribution in [3.05, 3.63) is 89.1 Å². The molecule has 5 nitrogen and oxygen atoms in total. The molecular weight excluding hydrogens is 390 g/mol. The van der Waals surface area contributed by atoms with E-state index in [1.165, 1.54) is 7.11 Å². The van der Waals surface area contributed by atoms with Crippen LogP contribution in [0.1, 0.15) is 19.4 Å². The second-order valence-corrected chi connectivity index (χ2v) is 7.15. The fourth-order valence-corrected chi connectivity index (χ4v) is 3.88. The van der Waals surface area contributed by atoms with Gasteiger partial charge in [0, 0.05) is 11.4 Å². The molecule has 0 N–H and O–H groups in total. The van der Waals surface area contributed by atoms with Crippen molar-refractivity contribution in [2.75, 3.05) is 18.6 Å². The van der Waals surface area contributed by atoms with Crippen molar-refractivity contribution in [3.8, 4) is 5.75 Å². The summed E-state index contributed by atoms with van der Waals surface area (Å²) in [5, 5.41) is 2.07. The zero-order valence-electron chi connectivity index (χ0n) is 17.7. The maximum Gasteiger partial charge on any atom is 0.340 e. The number of esters is 1. The van der Waals surface area contributed by atoms with Crippen LogP contribution in [0.4, 0.5) is 5.69 Å². The van der Waals surface area contributed by atoms with Crippen LogP contribution in [0.2, 0.25) is 0 Å². The number of nitrogens with zero attached hydrogens (tertiary/aromatic N) is 1. The zero-order valence-corrected chi connectivity index (χ0v) is 17.7. The number of anilines is 1. The normalized spacial score (nSPS) is 15.1. The molecule has 0 aliphatic carbocycles. The van der Waals surface area contributed by atoms with Gasteiger partial charge in [-0.1, -0.05) is 42.5 Å². The van der Waals surface area contributed by atoms with Crippen molar-refractivity contribution in [1.29, 1.82) is 0 Å².